The Labute approximate surface area is 166 Å². The first-order chi connectivity index (χ1) is 14.2. The quantitative estimate of drug-likeness (QED) is 0.527. The smallest absolute Gasteiger partial charge is 0.290 e. The van der Waals surface area contributed by atoms with Crippen molar-refractivity contribution in [3.05, 3.63) is 94.6 Å². The van der Waals surface area contributed by atoms with Crippen molar-refractivity contribution in [3.8, 4) is 0 Å². The number of carbonyl (C=O) groups excluding carboxylic acids is 1. The van der Waals surface area contributed by atoms with Crippen molar-refractivity contribution in [2.75, 3.05) is 6.54 Å². The van der Waals surface area contributed by atoms with Crippen LogP contribution in [-0.2, 0) is 6.54 Å². The monoisotopic (exact) mass is 386 g/mol. The first kappa shape index (κ1) is 17.4. The number of amides is 1. The number of rotatable bonds is 5. The maximum atomic E-state index is 13.3. The van der Waals surface area contributed by atoms with Gasteiger partial charge in [-0.25, -0.2) is 4.98 Å². The number of pyridine rings is 1. The van der Waals surface area contributed by atoms with Crippen LogP contribution in [0.1, 0.15) is 34.3 Å². The number of hydrogen-bond donors (Lipinski definition) is 0. The Morgan fingerprint density at radius 3 is 2.66 bits per heavy atom. The topological polar surface area (TPSA) is 81.2 Å². The Hall–Kier alpha value is -3.74. The van der Waals surface area contributed by atoms with Crippen LogP contribution in [0.3, 0.4) is 0 Å². The molecule has 1 unspecified atom stereocenters. The highest BCUT2D eigenvalue weighted by Gasteiger charge is 2.43. The third-order valence-electron chi connectivity index (χ3n) is 5.22. The van der Waals surface area contributed by atoms with Crippen molar-refractivity contribution in [1.29, 1.82) is 0 Å². The molecule has 1 aliphatic heterocycles. The van der Waals surface area contributed by atoms with Gasteiger partial charge in [0.25, 0.3) is 5.91 Å². The summed E-state index contributed by atoms with van der Waals surface area (Å²) in [6.45, 7) is 1.19. The summed E-state index contributed by atoms with van der Waals surface area (Å²) in [6.07, 6.45) is 7.74. The summed E-state index contributed by atoms with van der Waals surface area (Å²) >= 11 is 0. The molecule has 144 valence electrons. The first-order valence-electron chi connectivity index (χ1n) is 9.47. The van der Waals surface area contributed by atoms with Crippen LogP contribution in [0.2, 0.25) is 0 Å². The normalized spacial score (nSPS) is 15.8. The summed E-state index contributed by atoms with van der Waals surface area (Å²) in [7, 11) is 0. The fourth-order valence-electron chi connectivity index (χ4n) is 3.89. The zero-order chi connectivity index (χ0) is 19.8. The van der Waals surface area contributed by atoms with E-state index in [2.05, 4.69) is 9.97 Å². The molecule has 29 heavy (non-hydrogen) atoms. The van der Waals surface area contributed by atoms with E-state index in [1.807, 2.05) is 29.0 Å². The number of imidazole rings is 1. The fourth-order valence-corrected chi connectivity index (χ4v) is 3.89. The van der Waals surface area contributed by atoms with Gasteiger partial charge in [0, 0.05) is 31.7 Å². The van der Waals surface area contributed by atoms with E-state index in [4.69, 9.17) is 4.42 Å². The average molecular weight is 386 g/mol. The van der Waals surface area contributed by atoms with Crippen molar-refractivity contribution >= 4 is 16.9 Å². The molecule has 7 heteroatoms. The Balaban J connectivity index is 1.58. The molecular formula is C22H18N4O3. The highest BCUT2D eigenvalue weighted by molar-refractivity contribution is 5.98. The van der Waals surface area contributed by atoms with Gasteiger partial charge >= 0.3 is 0 Å². The lowest BCUT2D eigenvalue weighted by Crippen LogP contribution is -2.31. The number of nitrogens with zero attached hydrogens (tertiary/aromatic N) is 4. The van der Waals surface area contributed by atoms with Crippen molar-refractivity contribution in [1.82, 2.24) is 19.4 Å². The molecule has 0 aliphatic carbocycles. The molecule has 5 rings (SSSR count). The van der Waals surface area contributed by atoms with Crippen LogP contribution in [0.25, 0.3) is 11.0 Å². The van der Waals surface area contributed by atoms with Gasteiger partial charge in [-0.15, -0.1) is 0 Å². The minimum Gasteiger partial charge on any atom is -0.450 e. The van der Waals surface area contributed by atoms with Crippen LogP contribution in [0.5, 0.6) is 0 Å². The van der Waals surface area contributed by atoms with Gasteiger partial charge in [0.1, 0.15) is 11.6 Å². The molecule has 0 fully saturated rings. The van der Waals surface area contributed by atoms with E-state index < -0.39 is 6.04 Å². The fraction of sp³-hybridized carbons (Fsp3) is 0.182. The molecule has 0 spiro atoms. The van der Waals surface area contributed by atoms with Crippen LogP contribution < -0.4 is 5.43 Å². The number of para-hydroxylation sites is 1. The summed E-state index contributed by atoms with van der Waals surface area (Å²) in [5.41, 5.74) is 1.27. The lowest BCUT2D eigenvalue weighted by molar-refractivity contribution is 0.0721. The molecule has 0 N–H and O–H groups in total. The second kappa shape index (κ2) is 7.01. The summed E-state index contributed by atoms with van der Waals surface area (Å²) in [6, 6.07) is 12.0. The SMILES string of the molecule is O=C1c2oc3ccccc3c(=O)c2C(c2ccccn2)N1CCCn1ccnc1. The van der Waals surface area contributed by atoms with E-state index in [0.717, 1.165) is 6.54 Å². The molecule has 7 nitrogen and oxygen atoms in total. The van der Waals surface area contributed by atoms with E-state index in [-0.39, 0.29) is 17.1 Å². The van der Waals surface area contributed by atoms with Gasteiger partial charge in [-0.3, -0.25) is 14.6 Å². The van der Waals surface area contributed by atoms with Crippen LogP contribution in [0.4, 0.5) is 0 Å². The maximum absolute atomic E-state index is 13.3. The number of hydrogen-bond acceptors (Lipinski definition) is 5. The molecule has 0 saturated heterocycles. The molecule has 0 saturated carbocycles. The number of aryl methyl sites for hydroxylation is 1. The van der Waals surface area contributed by atoms with Crippen LogP contribution >= 0.6 is 0 Å². The van der Waals surface area contributed by atoms with Gasteiger partial charge < -0.3 is 13.9 Å². The first-order valence-corrected chi connectivity index (χ1v) is 9.47. The van der Waals surface area contributed by atoms with Gasteiger partial charge in [-0.05, 0) is 30.7 Å². The summed E-state index contributed by atoms with van der Waals surface area (Å²) in [4.78, 5) is 36.7. The summed E-state index contributed by atoms with van der Waals surface area (Å²) in [5, 5.41) is 0.472. The standard InChI is InChI=1S/C22H18N4O3/c27-20-15-6-1-2-8-17(15)29-21-18(20)19(16-7-3-4-9-24-16)26(22(21)28)12-5-11-25-13-10-23-14-25/h1-4,6-10,13-14,19H,5,11-12H2. The maximum Gasteiger partial charge on any atom is 0.290 e. The van der Waals surface area contributed by atoms with Crippen molar-refractivity contribution < 1.29 is 9.21 Å². The Morgan fingerprint density at radius 2 is 1.86 bits per heavy atom. The van der Waals surface area contributed by atoms with E-state index in [9.17, 15) is 9.59 Å². The number of aromatic nitrogens is 3. The summed E-state index contributed by atoms with van der Waals surface area (Å²) < 4.78 is 7.86. The number of benzene rings is 1. The molecule has 1 aromatic carbocycles. The second-order valence-corrected chi connectivity index (χ2v) is 6.98. The zero-order valence-corrected chi connectivity index (χ0v) is 15.6. The summed E-state index contributed by atoms with van der Waals surface area (Å²) in [5.74, 6) is -0.156. The van der Waals surface area contributed by atoms with Crippen LogP contribution in [-0.4, -0.2) is 31.9 Å². The molecule has 1 amide bonds. The lowest BCUT2D eigenvalue weighted by atomic mass is 10.0. The lowest BCUT2D eigenvalue weighted by Gasteiger charge is -2.24. The molecule has 4 aromatic rings. The predicted octanol–water partition coefficient (Wildman–Crippen LogP) is 3.02. The Morgan fingerprint density at radius 1 is 1.00 bits per heavy atom. The highest BCUT2D eigenvalue weighted by atomic mass is 16.3. The highest BCUT2D eigenvalue weighted by Crippen LogP contribution is 2.37. The van der Waals surface area contributed by atoms with Crippen molar-refractivity contribution in [3.63, 3.8) is 0 Å². The van der Waals surface area contributed by atoms with Gasteiger partial charge in [0.05, 0.1) is 23.0 Å². The predicted molar refractivity (Wildman–Crippen MR) is 106 cm³/mol. The largest absolute Gasteiger partial charge is 0.450 e. The number of carbonyl (C=O) groups is 1. The third-order valence-corrected chi connectivity index (χ3v) is 5.22. The average Bonchev–Trinajstić information content (AvgIpc) is 3.37. The van der Waals surface area contributed by atoms with E-state index >= 15 is 0 Å². The van der Waals surface area contributed by atoms with Crippen LogP contribution in [0.15, 0.2) is 76.6 Å². The van der Waals surface area contributed by atoms with Gasteiger partial charge in [-0.2, -0.15) is 0 Å². The molecule has 3 aromatic heterocycles. The Bertz CT molecular complexity index is 1230. The van der Waals surface area contributed by atoms with Crippen molar-refractivity contribution in [2.45, 2.75) is 19.0 Å². The second-order valence-electron chi connectivity index (χ2n) is 6.98. The zero-order valence-electron chi connectivity index (χ0n) is 15.6. The molecule has 1 aliphatic rings. The van der Waals surface area contributed by atoms with E-state index in [0.29, 0.717) is 35.2 Å². The Kier molecular flexibility index (Phi) is 4.20. The third kappa shape index (κ3) is 2.91. The van der Waals surface area contributed by atoms with Gasteiger partial charge in [0.15, 0.2) is 5.43 Å². The van der Waals surface area contributed by atoms with E-state index in [1.165, 1.54) is 0 Å². The number of fused-ring (bicyclic) bond motifs is 2. The molecule has 1 atom stereocenters. The molecular weight excluding hydrogens is 368 g/mol. The minimum absolute atomic E-state index is 0.118. The van der Waals surface area contributed by atoms with Crippen LogP contribution in [0, 0.1) is 0 Å². The van der Waals surface area contributed by atoms with Gasteiger partial charge in [0.2, 0.25) is 5.76 Å². The van der Waals surface area contributed by atoms with Crippen molar-refractivity contribution in [2.24, 2.45) is 0 Å². The minimum atomic E-state index is -0.553. The van der Waals surface area contributed by atoms with Gasteiger partial charge in [-0.1, -0.05) is 18.2 Å². The molecule has 0 bridgehead atoms. The van der Waals surface area contributed by atoms with E-state index in [1.54, 1.807) is 47.9 Å². The molecule has 4 heterocycles. The molecule has 0 radical (unpaired) electrons.